The van der Waals surface area contributed by atoms with Crippen molar-refractivity contribution in [3.63, 3.8) is 0 Å². The van der Waals surface area contributed by atoms with E-state index in [-0.39, 0.29) is 0 Å². The second-order valence-electron chi connectivity index (χ2n) is 4.68. The molecule has 0 unspecified atom stereocenters. The minimum Gasteiger partial charge on any atom is -0.486 e. The minimum absolute atomic E-state index is 0.332. The maximum Gasteiger partial charge on any atom is 0.211 e. The summed E-state index contributed by atoms with van der Waals surface area (Å²) in [5.74, 6) is 2.97. The first-order valence-corrected chi connectivity index (χ1v) is 8.65. The molecule has 0 saturated heterocycles. The van der Waals surface area contributed by atoms with Gasteiger partial charge in [0.05, 0.1) is 6.21 Å². The molecule has 0 spiro atoms. The van der Waals surface area contributed by atoms with Crippen LogP contribution in [0.1, 0.15) is 18.4 Å². The van der Waals surface area contributed by atoms with Crippen LogP contribution >= 0.6 is 23.4 Å². The van der Waals surface area contributed by atoms with Gasteiger partial charge < -0.3 is 9.15 Å². The molecule has 2 heterocycles. The molecule has 0 amide bonds. The van der Waals surface area contributed by atoms with Gasteiger partial charge in [-0.15, -0.1) is 10.2 Å². The number of ether oxygens (including phenoxy) is 1. The summed E-state index contributed by atoms with van der Waals surface area (Å²) in [7, 11) is 0. The summed E-state index contributed by atoms with van der Waals surface area (Å²) in [5, 5.41) is 13.6. The summed E-state index contributed by atoms with van der Waals surface area (Å²) < 4.78 is 12.9. The molecule has 0 N–H and O–H groups in total. The Morgan fingerprint density at radius 1 is 1.29 bits per heavy atom. The van der Waals surface area contributed by atoms with Gasteiger partial charge in [-0.05, 0) is 42.2 Å². The van der Waals surface area contributed by atoms with Crippen LogP contribution in [0.4, 0.5) is 0 Å². The predicted molar refractivity (Wildman–Crippen MR) is 93.9 cm³/mol. The Balaban J connectivity index is 1.59. The molecule has 0 aliphatic carbocycles. The number of halogens is 1. The molecule has 0 aliphatic heterocycles. The summed E-state index contributed by atoms with van der Waals surface area (Å²) in [6.45, 7) is 2.38. The molecule has 0 radical (unpaired) electrons. The van der Waals surface area contributed by atoms with Gasteiger partial charge in [-0.1, -0.05) is 30.3 Å². The van der Waals surface area contributed by atoms with E-state index in [4.69, 9.17) is 20.8 Å². The van der Waals surface area contributed by atoms with Crippen LogP contribution in [-0.4, -0.2) is 26.8 Å². The van der Waals surface area contributed by atoms with Gasteiger partial charge >= 0.3 is 0 Å². The average molecular weight is 363 g/mol. The molecule has 24 heavy (non-hydrogen) atoms. The summed E-state index contributed by atoms with van der Waals surface area (Å²) in [5.41, 5.74) is 0. The van der Waals surface area contributed by atoms with E-state index in [1.54, 1.807) is 41.1 Å². The lowest BCUT2D eigenvalue weighted by Gasteiger charge is -2.03. The van der Waals surface area contributed by atoms with Gasteiger partial charge in [-0.3, -0.25) is 0 Å². The van der Waals surface area contributed by atoms with Gasteiger partial charge in [-0.25, -0.2) is 0 Å². The van der Waals surface area contributed by atoms with Gasteiger partial charge in [0.1, 0.15) is 30.2 Å². The van der Waals surface area contributed by atoms with E-state index in [0.717, 1.165) is 16.7 Å². The van der Waals surface area contributed by atoms with Crippen molar-refractivity contribution in [1.82, 2.24) is 14.9 Å². The van der Waals surface area contributed by atoms with E-state index >= 15 is 0 Å². The lowest BCUT2D eigenvalue weighted by molar-refractivity contribution is 0.270. The van der Waals surface area contributed by atoms with E-state index < -0.39 is 0 Å². The fourth-order valence-corrected chi connectivity index (χ4v) is 2.58. The molecule has 8 heteroatoms. The van der Waals surface area contributed by atoms with E-state index in [1.807, 2.05) is 31.2 Å². The highest BCUT2D eigenvalue weighted by atomic mass is 35.5. The fraction of sp³-hybridized carbons (Fsp3) is 0.188. The number of benzene rings is 1. The number of aromatic nitrogens is 3. The lowest BCUT2D eigenvalue weighted by atomic mass is 10.3. The smallest absolute Gasteiger partial charge is 0.211 e. The van der Waals surface area contributed by atoms with Crippen molar-refractivity contribution >= 4 is 29.6 Å². The van der Waals surface area contributed by atoms with Crippen molar-refractivity contribution in [1.29, 1.82) is 0 Å². The van der Waals surface area contributed by atoms with Crippen LogP contribution in [0.25, 0.3) is 0 Å². The monoisotopic (exact) mass is 362 g/mol. The van der Waals surface area contributed by atoms with Crippen molar-refractivity contribution in [2.24, 2.45) is 5.10 Å². The SMILES string of the molecule is CCSc1nncn1/N=C/c1ccc(COc2ccc(Cl)cc2)o1. The molecule has 0 bridgehead atoms. The van der Waals surface area contributed by atoms with Crippen LogP contribution in [-0.2, 0) is 6.61 Å². The molecular weight excluding hydrogens is 348 g/mol. The van der Waals surface area contributed by atoms with Crippen LogP contribution in [0.15, 0.2) is 57.4 Å². The predicted octanol–water partition coefficient (Wildman–Crippen LogP) is 4.10. The number of furan rings is 1. The molecule has 3 aromatic rings. The topological polar surface area (TPSA) is 65.4 Å². The van der Waals surface area contributed by atoms with Gasteiger partial charge in [0.25, 0.3) is 0 Å². The molecule has 3 rings (SSSR count). The van der Waals surface area contributed by atoms with Crippen molar-refractivity contribution in [2.75, 3.05) is 5.75 Å². The average Bonchev–Trinajstić information content (AvgIpc) is 3.22. The van der Waals surface area contributed by atoms with Gasteiger partial charge in [0, 0.05) is 5.02 Å². The van der Waals surface area contributed by atoms with Gasteiger partial charge in [-0.2, -0.15) is 9.78 Å². The van der Waals surface area contributed by atoms with Crippen molar-refractivity contribution < 1.29 is 9.15 Å². The van der Waals surface area contributed by atoms with Crippen LogP contribution in [0.2, 0.25) is 5.02 Å². The standard InChI is InChI=1S/C16H15ClN4O2S/c1-2-24-16-20-18-11-21(16)19-9-14-7-8-15(23-14)10-22-13-5-3-12(17)4-6-13/h3-9,11H,2,10H2,1H3/b19-9+. The number of rotatable bonds is 7. The fourth-order valence-electron chi connectivity index (χ4n) is 1.87. The molecule has 124 valence electrons. The van der Waals surface area contributed by atoms with Crippen LogP contribution < -0.4 is 4.74 Å². The largest absolute Gasteiger partial charge is 0.486 e. The highest BCUT2D eigenvalue weighted by Gasteiger charge is 2.04. The number of hydrogen-bond acceptors (Lipinski definition) is 6. The summed E-state index contributed by atoms with van der Waals surface area (Å²) >= 11 is 7.41. The molecule has 1 aromatic carbocycles. The summed E-state index contributed by atoms with van der Waals surface area (Å²) in [6, 6.07) is 10.9. The maximum atomic E-state index is 5.84. The molecular formula is C16H15ClN4O2S. The van der Waals surface area contributed by atoms with Crippen molar-refractivity contribution in [3.05, 3.63) is 59.3 Å². The van der Waals surface area contributed by atoms with E-state index in [1.165, 1.54) is 0 Å². The normalized spacial score (nSPS) is 11.2. The van der Waals surface area contributed by atoms with Crippen LogP contribution in [0, 0.1) is 0 Å². The summed E-state index contributed by atoms with van der Waals surface area (Å²) in [4.78, 5) is 0. The molecule has 0 aliphatic rings. The zero-order valence-corrected chi connectivity index (χ0v) is 14.5. The number of nitrogens with zero attached hydrogens (tertiary/aromatic N) is 4. The zero-order valence-electron chi connectivity index (χ0n) is 12.9. The quantitative estimate of drug-likeness (QED) is 0.467. The third kappa shape index (κ3) is 4.39. The Labute approximate surface area is 148 Å². The molecule has 0 fully saturated rings. The first kappa shape index (κ1) is 16.6. The highest BCUT2D eigenvalue weighted by molar-refractivity contribution is 7.99. The van der Waals surface area contributed by atoms with E-state index in [9.17, 15) is 0 Å². The van der Waals surface area contributed by atoms with Gasteiger partial charge in [0.2, 0.25) is 5.16 Å². The maximum absolute atomic E-state index is 5.84. The molecule has 0 atom stereocenters. The van der Waals surface area contributed by atoms with E-state index in [0.29, 0.717) is 23.2 Å². The zero-order chi connectivity index (χ0) is 16.8. The van der Waals surface area contributed by atoms with Crippen LogP contribution in [0.3, 0.4) is 0 Å². The molecule has 6 nitrogen and oxygen atoms in total. The Bertz CT molecular complexity index is 814. The highest BCUT2D eigenvalue weighted by Crippen LogP contribution is 2.18. The molecule has 0 saturated carbocycles. The Morgan fingerprint density at radius 2 is 2.12 bits per heavy atom. The number of thioether (sulfide) groups is 1. The molecule has 2 aromatic heterocycles. The van der Waals surface area contributed by atoms with Crippen LogP contribution in [0.5, 0.6) is 5.75 Å². The van der Waals surface area contributed by atoms with Crippen molar-refractivity contribution in [3.8, 4) is 5.75 Å². The van der Waals surface area contributed by atoms with Gasteiger partial charge in [0.15, 0.2) is 0 Å². The lowest BCUT2D eigenvalue weighted by Crippen LogP contribution is -1.93. The Hall–Kier alpha value is -2.25. The third-order valence-corrected chi connectivity index (χ3v) is 4.03. The third-order valence-electron chi connectivity index (χ3n) is 2.96. The van der Waals surface area contributed by atoms with E-state index in [2.05, 4.69) is 15.3 Å². The summed E-state index contributed by atoms with van der Waals surface area (Å²) in [6.07, 6.45) is 3.18. The second kappa shape index (κ2) is 8.03. The first-order valence-electron chi connectivity index (χ1n) is 7.29. The number of hydrogen-bond donors (Lipinski definition) is 0. The Kier molecular flexibility index (Phi) is 5.55. The first-order chi connectivity index (χ1) is 11.7. The van der Waals surface area contributed by atoms with Crippen molar-refractivity contribution in [2.45, 2.75) is 18.7 Å². The Morgan fingerprint density at radius 3 is 2.92 bits per heavy atom. The second-order valence-corrected chi connectivity index (χ2v) is 6.35. The minimum atomic E-state index is 0.332.